The van der Waals surface area contributed by atoms with Gasteiger partial charge in [0.1, 0.15) is 11.5 Å². The highest BCUT2D eigenvalue weighted by Crippen LogP contribution is 2.33. The van der Waals surface area contributed by atoms with E-state index in [1.54, 1.807) is 50.2 Å². The summed E-state index contributed by atoms with van der Waals surface area (Å²) in [7, 11) is 3.17. The van der Waals surface area contributed by atoms with Crippen molar-refractivity contribution >= 4 is 23.5 Å². The van der Waals surface area contributed by atoms with Gasteiger partial charge in [0.25, 0.3) is 5.91 Å². The molecular formula is C19H19NO4S. The Morgan fingerprint density at radius 2 is 2.04 bits per heavy atom. The standard InChI is InChI=1S/C19H19NO4S/c1-23-13-7-6-12(17(10-13)24-2)11-20-19(22)15-5-3-4-14-16(21)8-9-25-18(14)15/h3-7,10H,8-9,11H2,1-2H3,(H,20,22). The number of rotatable bonds is 5. The Kier molecular flexibility index (Phi) is 5.28. The third kappa shape index (κ3) is 3.64. The predicted octanol–water partition coefficient (Wildman–Crippen LogP) is 3.31. The van der Waals surface area contributed by atoms with Crippen LogP contribution in [0.15, 0.2) is 41.3 Å². The molecule has 1 heterocycles. The molecule has 0 fully saturated rings. The van der Waals surface area contributed by atoms with Crippen LogP contribution in [0.25, 0.3) is 0 Å². The van der Waals surface area contributed by atoms with E-state index in [0.29, 0.717) is 41.3 Å². The number of fused-ring (bicyclic) bond motifs is 1. The fourth-order valence-electron chi connectivity index (χ4n) is 2.74. The molecule has 0 radical (unpaired) electrons. The first kappa shape index (κ1) is 17.4. The number of ketones is 1. The summed E-state index contributed by atoms with van der Waals surface area (Å²) in [6.07, 6.45) is 0.520. The number of nitrogens with one attached hydrogen (secondary N) is 1. The molecule has 1 aliphatic heterocycles. The molecule has 1 aliphatic rings. The molecule has 0 bridgehead atoms. The van der Waals surface area contributed by atoms with Gasteiger partial charge >= 0.3 is 0 Å². The number of hydrogen-bond donors (Lipinski definition) is 1. The second-order valence-electron chi connectivity index (χ2n) is 5.56. The number of ether oxygens (including phenoxy) is 2. The zero-order valence-electron chi connectivity index (χ0n) is 14.1. The van der Waals surface area contributed by atoms with Crippen LogP contribution in [-0.4, -0.2) is 31.7 Å². The van der Waals surface area contributed by atoms with E-state index in [-0.39, 0.29) is 11.7 Å². The van der Waals surface area contributed by atoms with Crippen molar-refractivity contribution in [3.05, 3.63) is 53.1 Å². The quantitative estimate of drug-likeness (QED) is 0.889. The van der Waals surface area contributed by atoms with Crippen LogP contribution in [0.3, 0.4) is 0 Å². The summed E-state index contributed by atoms with van der Waals surface area (Å²) in [5, 5.41) is 2.91. The second kappa shape index (κ2) is 7.61. The molecular weight excluding hydrogens is 338 g/mol. The van der Waals surface area contributed by atoms with Gasteiger partial charge in [-0.25, -0.2) is 0 Å². The van der Waals surface area contributed by atoms with Crippen molar-refractivity contribution in [1.82, 2.24) is 5.32 Å². The summed E-state index contributed by atoms with van der Waals surface area (Å²) in [5.41, 5.74) is 2.04. The zero-order valence-corrected chi connectivity index (χ0v) is 14.9. The topological polar surface area (TPSA) is 64.6 Å². The van der Waals surface area contributed by atoms with Crippen LogP contribution in [0.5, 0.6) is 11.5 Å². The maximum absolute atomic E-state index is 12.6. The zero-order chi connectivity index (χ0) is 17.8. The molecule has 0 atom stereocenters. The van der Waals surface area contributed by atoms with E-state index in [2.05, 4.69) is 5.32 Å². The van der Waals surface area contributed by atoms with Crippen molar-refractivity contribution in [1.29, 1.82) is 0 Å². The molecule has 1 N–H and O–H groups in total. The predicted molar refractivity (Wildman–Crippen MR) is 96.8 cm³/mol. The lowest BCUT2D eigenvalue weighted by atomic mass is 10.0. The third-order valence-corrected chi connectivity index (χ3v) is 5.21. The number of carbonyl (C=O) groups excluding carboxylic acids is 2. The average Bonchev–Trinajstić information content (AvgIpc) is 2.65. The van der Waals surface area contributed by atoms with Gasteiger partial charge in [-0.2, -0.15) is 0 Å². The van der Waals surface area contributed by atoms with Crippen molar-refractivity contribution in [2.75, 3.05) is 20.0 Å². The molecule has 130 valence electrons. The van der Waals surface area contributed by atoms with E-state index in [1.807, 2.05) is 12.1 Å². The Morgan fingerprint density at radius 1 is 1.20 bits per heavy atom. The molecule has 0 saturated heterocycles. The first-order chi connectivity index (χ1) is 12.1. The lowest BCUT2D eigenvalue weighted by molar-refractivity contribution is 0.0947. The van der Waals surface area contributed by atoms with Gasteiger partial charge in [-0.05, 0) is 18.2 Å². The minimum atomic E-state index is -0.197. The van der Waals surface area contributed by atoms with Crippen molar-refractivity contribution in [2.24, 2.45) is 0 Å². The van der Waals surface area contributed by atoms with E-state index in [0.717, 1.165) is 10.5 Å². The number of amides is 1. The van der Waals surface area contributed by atoms with Gasteiger partial charge in [-0.3, -0.25) is 9.59 Å². The smallest absolute Gasteiger partial charge is 0.252 e. The third-order valence-electron chi connectivity index (χ3n) is 4.07. The molecule has 0 spiro atoms. The first-order valence-electron chi connectivity index (χ1n) is 7.92. The highest BCUT2D eigenvalue weighted by atomic mass is 32.2. The van der Waals surface area contributed by atoms with E-state index < -0.39 is 0 Å². The largest absolute Gasteiger partial charge is 0.497 e. The molecule has 0 aliphatic carbocycles. The highest BCUT2D eigenvalue weighted by Gasteiger charge is 2.23. The van der Waals surface area contributed by atoms with Crippen LogP contribution < -0.4 is 14.8 Å². The van der Waals surface area contributed by atoms with E-state index in [1.165, 1.54) is 0 Å². The summed E-state index contributed by atoms with van der Waals surface area (Å²) in [4.78, 5) is 25.4. The van der Waals surface area contributed by atoms with Gasteiger partial charge in [-0.1, -0.05) is 12.1 Å². The summed E-state index contributed by atoms with van der Waals surface area (Å²) >= 11 is 1.56. The Morgan fingerprint density at radius 3 is 2.80 bits per heavy atom. The van der Waals surface area contributed by atoms with Crippen LogP contribution in [0.2, 0.25) is 0 Å². The van der Waals surface area contributed by atoms with Crippen LogP contribution in [0, 0.1) is 0 Å². The van der Waals surface area contributed by atoms with Gasteiger partial charge in [0.2, 0.25) is 0 Å². The minimum absolute atomic E-state index is 0.0974. The number of Topliss-reactive ketones (excluding diaryl/α,β-unsaturated/α-hetero) is 1. The van der Waals surface area contributed by atoms with Gasteiger partial charge in [0, 0.05) is 40.8 Å². The van der Waals surface area contributed by atoms with Crippen molar-refractivity contribution in [3.8, 4) is 11.5 Å². The molecule has 6 heteroatoms. The second-order valence-corrected chi connectivity index (χ2v) is 6.67. The Hall–Kier alpha value is -2.47. The lowest BCUT2D eigenvalue weighted by Crippen LogP contribution is -2.25. The first-order valence-corrected chi connectivity index (χ1v) is 8.90. The van der Waals surface area contributed by atoms with Crippen LogP contribution in [0.1, 0.15) is 32.7 Å². The Bertz CT molecular complexity index is 819. The summed E-state index contributed by atoms with van der Waals surface area (Å²) in [6, 6.07) is 10.8. The Balaban J connectivity index is 1.78. The normalized spacial score (nSPS) is 13.1. The van der Waals surface area contributed by atoms with Crippen LogP contribution in [0.4, 0.5) is 0 Å². The Labute approximate surface area is 150 Å². The molecule has 0 aromatic heterocycles. The van der Waals surface area contributed by atoms with E-state index in [4.69, 9.17) is 9.47 Å². The van der Waals surface area contributed by atoms with Gasteiger partial charge in [0.05, 0.1) is 19.8 Å². The fourth-order valence-corrected chi connectivity index (χ4v) is 3.89. The molecule has 0 saturated carbocycles. The average molecular weight is 357 g/mol. The minimum Gasteiger partial charge on any atom is -0.497 e. The SMILES string of the molecule is COc1ccc(CNC(=O)c2cccc3c2SCCC3=O)c(OC)c1. The lowest BCUT2D eigenvalue weighted by Gasteiger charge is -2.18. The monoisotopic (exact) mass is 357 g/mol. The molecule has 1 amide bonds. The fraction of sp³-hybridized carbons (Fsp3) is 0.263. The molecule has 2 aromatic carbocycles. The maximum Gasteiger partial charge on any atom is 0.252 e. The number of thioether (sulfide) groups is 1. The summed E-state index contributed by atoms with van der Waals surface area (Å²) in [6.45, 7) is 0.328. The van der Waals surface area contributed by atoms with Crippen molar-refractivity contribution in [3.63, 3.8) is 0 Å². The molecule has 0 unspecified atom stereocenters. The molecule has 2 aromatic rings. The van der Waals surface area contributed by atoms with Gasteiger partial charge in [-0.15, -0.1) is 11.8 Å². The maximum atomic E-state index is 12.6. The number of benzene rings is 2. The number of hydrogen-bond acceptors (Lipinski definition) is 5. The highest BCUT2D eigenvalue weighted by molar-refractivity contribution is 7.99. The number of carbonyl (C=O) groups is 2. The van der Waals surface area contributed by atoms with Crippen molar-refractivity contribution in [2.45, 2.75) is 17.9 Å². The molecule has 3 rings (SSSR count). The van der Waals surface area contributed by atoms with Crippen LogP contribution in [-0.2, 0) is 6.54 Å². The number of methoxy groups -OCH3 is 2. The van der Waals surface area contributed by atoms with E-state index in [9.17, 15) is 9.59 Å². The van der Waals surface area contributed by atoms with Crippen molar-refractivity contribution < 1.29 is 19.1 Å². The van der Waals surface area contributed by atoms with Crippen LogP contribution >= 0.6 is 11.8 Å². The summed E-state index contributed by atoms with van der Waals surface area (Å²) < 4.78 is 10.5. The summed E-state index contributed by atoms with van der Waals surface area (Å²) in [5.74, 6) is 1.96. The van der Waals surface area contributed by atoms with E-state index >= 15 is 0 Å². The van der Waals surface area contributed by atoms with Gasteiger partial charge < -0.3 is 14.8 Å². The molecule has 5 nitrogen and oxygen atoms in total. The van der Waals surface area contributed by atoms with Gasteiger partial charge in [0.15, 0.2) is 5.78 Å². The molecule has 25 heavy (non-hydrogen) atoms.